The van der Waals surface area contributed by atoms with Crippen molar-refractivity contribution in [1.29, 1.82) is 0 Å². The van der Waals surface area contributed by atoms with Crippen LogP contribution in [0.5, 0.6) is 0 Å². The van der Waals surface area contributed by atoms with E-state index in [1.807, 2.05) is 30.0 Å². The number of rotatable bonds is 1. The molecule has 0 spiro atoms. The molecule has 126 valence electrons. The Bertz CT molecular complexity index is 742. The molecule has 1 fully saturated rings. The van der Waals surface area contributed by atoms with Gasteiger partial charge in [0.25, 0.3) is 5.91 Å². The number of furan rings is 1. The van der Waals surface area contributed by atoms with E-state index in [0.717, 1.165) is 27.4 Å². The summed E-state index contributed by atoms with van der Waals surface area (Å²) < 4.78 is 6.80. The van der Waals surface area contributed by atoms with Crippen molar-refractivity contribution in [2.75, 3.05) is 13.1 Å². The minimum atomic E-state index is -0.0726. The Hall–Kier alpha value is -1.04. The molecule has 4 nitrogen and oxygen atoms in total. The molecular weight excluding hydrogens is 380 g/mol. The lowest BCUT2D eigenvalue weighted by Gasteiger charge is -2.42. The highest BCUT2D eigenvalue weighted by molar-refractivity contribution is 9.10. The summed E-state index contributed by atoms with van der Waals surface area (Å²) in [5.41, 5.74) is 7.73. The second-order valence-corrected chi connectivity index (χ2v) is 7.72. The van der Waals surface area contributed by atoms with Gasteiger partial charge in [0.05, 0.1) is 0 Å². The minimum absolute atomic E-state index is 0. The summed E-state index contributed by atoms with van der Waals surface area (Å²) in [5, 5.41) is 0.977. The Labute approximate surface area is 150 Å². The van der Waals surface area contributed by atoms with Gasteiger partial charge in [-0.1, -0.05) is 29.8 Å². The number of carbonyl (C=O) groups excluding carboxylic acids is 1. The molecule has 0 aliphatic carbocycles. The van der Waals surface area contributed by atoms with Crippen molar-refractivity contribution in [2.24, 2.45) is 11.1 Å². The van der Waals surface area contributed by atoms with Crippen LogP contribution in [-0.4, -0.2) is 29.9 Å². The lowest BCUT2D eigenvalue weighted by Crippen LogP contribution is -2.54. The minimum Gasteiger partial charge on any atom is -0.451 e. The van der Waals surface area contributed by atoms with E-state index in [2.05, 4.69) is 29.8 Å². The van der Waals surface area contributed by atoms with Gasteiger partial charge in [-0.25, -0.2) is 0 Å². The van der Waals surface area contributed by atoms with Crippen molar-refractivity contribution in [2.45, 2.75) is 33.2 Å². The van der Waals surface area contributed by atoms with E-state index in [-0.39, 0.29) is 29.8 Å². The third-order valence-electron chi connectivity index (χ3n) is 4.69. The van der Waals surface area contributed by atoms with Gasteiger partial charge >= 0.3 is 0 Å². The normalized spacial score (nSPS) is 20.4. The van der Waals surface area contributed by atoms with Gasteiger partial charge in [-0.2, -0.15) is 0 Å². The molecule has 2 aromatic rings. The predicted octanol–water partition coefficient (Wildman–Crippen LogP) is 4.12. The van der Waals surface area contributed by atoms with E-state index in [4.69, 9.17) is 10.2 Å². The first-order chi connectivity index (χ1) is 10.3. The van der Waals surface area contributed by atoms with Crippen LogP contribution in [0.1, 0.15) is 36.4 Å². The largest absolute Gasteiger partial charge is 0.451 e. The number of amides is 1. The van der Waals surface area contributed by atoms with Crippen molar-refractivity contribution in [3.8, 4) is 0 Å². The summed E-state index contributed by atoms with van der Waals surface area (Å²) in [5.74, 6) is 0.407. The molecule has 1 aromatic carbocycles. The van der Waals surface area contributed by atoms with Gasteiger partial charge in [-0.3, -0.25) is 4.79 Å². The molecule has 2 heterocycles. The summed E-state index contributed by atoms with van der Waals surface area (Å²) in [6.45, 7) is 7.50. The molecule has 1 saturated heterocycles. The summed E-state index contributed by atoms with van der Waals surface area (Å²) >= 11 is 3.46. The standard InChI is InChI=1S/C17H21BrN2O2.ClH/c1-10-12-8-11(18)4-5-13(12)22-15(10)16(21)20-7-6-14(19)17(2,3)9-20;/h4-5,8,14H,6-7,9,19H2,1-3H3;1H. The number of likely N-dealkylation sites (tertiary alicyclic amines) is 1. The van der Waals surface area contributed by atoms with Crippen LogP contribution in [0.15, 0.2) is 27.1 Å². The van der Waals surface area contributed by atoms with E-state index in [0.29, 0.717) is 18.8 Å². The fourth-order valence-electron chi connectivity index (χ4n) is 3.09. The lowest BCUT2D eigenvalue weighted by atomic mass is 9.79. The van der Waals surface area contributed by atoms with E-state index >= 15 is 0 Å². The average molecular weight is 402 g/mol. The van der Waals surface area contributed by atoms with E-state index in [9.17, 15) is 4.79 Å². The quantitative estimate of drug-likeness (QED) is 0.782. The van der Waals surface area contributed by atoms with Gasteiger partial charge < -0.3 is 15.1 Å². The number of halogens is 2. The zero-order valence-electron chi connectivity index (χ0n) is 13.6. The first-order valence-corrected chi connectivity index (χ1v) is 8.32. The van der Waals surface area contributed by atoms with Crippen LogP contribution >= 0.6 is 28.3 Å². The zero-order chi connectivity index (χ0) is 16.1. The third-order valence-corrected chi connectivity index (χ3v) is 5.19. The molecule has 23 heavy (non-hydrogen) atoms. The number of nitrogens with two attached hydrogens (primary N) is 1. The number of aryl methyl sites for hydroxylation is 1. The van der Waals surface area contributed by atoms with E-state index < -0.39 is 0 Å². The summed E-state index contributed by atoms with van der Waals surface area (Å²) in [4.78, 5) is 14.7. The number of carbonyl (C=O) groups is 1. The van der Waals surface area contributed by atoms with Crippen molar-refractivity contribution >= 4 is 45.2 Å². The van der Waals surface area contributed by atoms with Gasteiger partial charge in [0.2, 0.25) is 0 Å². The van der Waals surface area contributed by atoms with Crippen LogP contribution in [0, 0.1) is 12.3 Å². The fraction of sp³-hybridized carbons (Fsp3) is 0.471. The van der Waals surface area contributed by atoms with Crippen molar-refractivity contribution in [3.63, 3.8) is 0 Å². The second kappa shape index (κ2) is 6.46. The van der Waals surface area contributed by atoms with Crippen LogP contribution < -0.4 is 5.73 Å². The zero-order valence-corrected chi connectivity index (χ0v) is 16.0. The monoisotopic (exact) mass is 400 g/mol. The first-order valence-electron chi connectivity index (χ1n) is 7.53. The Kier molecular flexibility index (Phi) is 5.14. The summed E-state index contributed by atoms with van der Waals surface area (Å²) in [6.07, 6.45) is 0.823. The maximum Gasteiger partial charge on any atom is 0.289 e. The van der Waals surface area contributed by atoms with Crippen molar-refractivity contribution < 1.29 is 9.21 Å². The Morgan fingerprint density at radius 1 is 1.43 bits per heavy atom. The number of benzene rings is 1. The van der Waals surface area contributed by atoms with E-state index in [1.165, 1.54) is 0 Å². The van der Waals surface area contributed by atoms with Gasteiger partial charge in [-0.05, 0) is 37.0 Å². The van der Waals surface area contributed by atoms with Crippen LogP contribution in [0.2, 0.25) is 0 Å². The molecule has 1 unspecified atom stereocenters. The molecule has 3 rings (SSSR count). The molecular formula is C17H22BrClN2O2. The Morgan fingerprint density at radius 2 is 2.13 bits per heavy atom. The lowest BCUT2D eigenvalue weighted by molar-refractivity contribution is 0.0504. The molecule has 0 bridgehead atoms. The molecule has 1 atom stereocenters. The van der Waals surface area contributed by atoms with Crippen molar-refractivity contribution in [3.05, 3.63) is 34.0 Å². The van der Waals surface area contributed by atoms with Crippen LogP contribution in [0.3, 0.4) is 0 Å². The molecule has 1 aliphatic rings. The molecule has 1 amide bonds. The predicted molar refractivity (Wildman–Crippen MR) is 98.2 cm³/mol. The fourth-order valence-corrected chi connectivity index (χ4v) is 3.45. The smallest absolute Gasteiger partial charge is 0.289 e. The molecule has 2 N–H and O–H groups in total. The highest BCUT2D eigenvalue weighted by Gasteiger charge is 2.36. The number of hydrogen-bond acceptors (Lipinski definition) is 3. The van der Waals surface area contributed by atoms with Gasteiger partial charge in [0, 0.05) is 34.6 Å². The van der Waals surface area contributed by atoms with Crippen LogP contribution in [0.25, 0.3) is 11.0 Å². The van der Waals surface area contributed by atoms with Crippen LogP contribution in [0.4, 0.5) is 0 Å². The Balaban J connectivity index is 0.00000192. The molecule has 1 aliphatic heterocycles. The van der Waals surface area contributed by atoms with Crippen LogP contribution in [-0.2, 0) is 0 Å². The number of hydrogen-bond donors (Lipinski definition) is 1. The highest BCUT2D eigenvalue weighted by Crippen LogP contribution is 2.32. The molecule has 0 radical (unpaired) electrons. The molecule has 6 heteroatoms. The Morgan fingerprint density at radius 3 is 2.78 bits per heavy atom. The van der Waals surface area contributed by atoms with Gasteiger partial charge in [-0.15, -0.1) is 12.4 Å². The number of fused-ring (bicyclic) bond motifs is 1. The maximum atomic E-state index is 12.8. The maximum absolute atomic E-state index is 12.8. The molecule has 1 aromatic heterocycles. The van der Waals surface area contributed by atoms with Gasteiger partial charge in [0.1, 0.15) is 5.58 Å². The highest BCUT2D eigenvalue weighted by atomic mass is 79.9. The van der Waals surface area contributed by atoms with Crippen molar-refractivity contribution in [1.82, 2.24) is 4.90 Å². The third kappa shape index (κ3) is 3.28. The first kappa shape index (κ1) is 18.3. The number of piperidine rings is 1. The number of nitrogens with zero attached hydrogens (tertiary/aromatic N) is 1. The summed E-state index contributed by atoms with van der Waals surface area (Å²) in [7, 11) is 0. The topological polar surface area (TPSA) is 59.5 Å². The van der Waals surface area contributed by atoms with E-state index in [1.54, 1.807) is 0 Å². The summed E-state index contributed by atoms with van der Waals surface area (Å²) in [6, 6.07) is 5.92. The average Bonchev–Trinajstić information content (AvgIpc) is 2.78. The molecule has 0 saturated carbocycles. The SMILES string of the molecule is Cc1c(C(=O)N2CCC(N)C(C)(C)C2)oc2ccc(Br)cc12.Cl. The van der Waals surface area contributed by atoms with Gasteiger partial charge in [0.15, 0.2) is 5.76 Å². The second-order valence-electron chi connectivity index (χ2n) is 6.81.